The van der Waals surface area contributed by atoms with Crippen LogP contribution in [0.5, 0.6) is 5.75 Å². The van der Waals surface area contributed by atoms with Crippen LogP contribution < -0.4 is 4.74 Å². The van der Waals surface area contributed by atoms with Gasteiger partial charge in [-0.2, -0.15) is 0 Å². The van der Waals surface area contributed by atoms with Crippen LogP contribution in [0.25, 0.3) is 11.1 Å². The van der Waals surface area contributed by atoms with Gasteiger partial charge in [0.05, 0.1) is 13.2 Å². The van der Waals surface area contributed by atoms with Crippen LogP contribution in [0.3, 0.4) is 0 Å². The van der Waals surface area contributed by atoms with Gasteiger partial charge in [-0.3, -0.25) is 0 Å². The second-order valence-corrected chi connectivity index (χ2v) is 6.00. The Hall–Kier alpha value is -1.80. The highest BCUT2D eigenvalue weighted by atomic mass is 16.5. The van der Waals surface area contributed by atoms with Gasteiger partial charge in [0.25, 0.3) is 0 Å². The van der Waals surface area contributed by atoms with Crippen LogP contribution in [0.15, 0.2) is 48.5 Å². The molecule has 2 heteroatoms. The first kappa shape index (κ1) is 17.6. The van der Waals surface area contributed by atoms with Crippen LogP contribution in [0.1, 0.15) is 51.0 Å². The molecule has 0 saturated carbocycles. The maximum absolute atomic E-state index is 9.08. The average Bonchev–Trinajstić information content (AvgIpc) is 2.61. The number of rotatable bonds is 10. The molecule has 2 aromatic carbocycles. The molecule has 0 aromatic heterocycles. The third kappa shape index (κ3) is 6.07. The Morgan fingerprint density at radius 1 is 0.739 bits per heavy atom. The third-order valence-electron chi connectivity index (χ3n) is 4.09. The number of aliphatic hydroxyl groups excluding tert-OH is 1. The molecule has 0 atom stereocenters. The fraction of sp³-hybridized carbons (Fsp3) is 0.429. The van der Waals surface area contributed by atoms with Crippen LogP contribution in [0.2, 0.25) is 0 Å². The maximum Gasteiger partial charge on any atom is 0.119 e. The van der Waals surface area contributed by atoms with Crippen LogP contribution in [-0.4, -0.2) is 11.7 Å². The van der Waals surface area contributed by atoms with Crippen molar-refractivity contribution in [2.75, 3.05) is 6.61 Å². The number of benzene rings is 2. The number of unbranched alkanes of at least 4 members (excludes halogenated alkanes) is 5. The number of hydrogen-bond donors (Lipinski definition) is 1. The molecule has 1 N–H and O–H groups in total. The van der Waals surface area contributed by atoms with Crippen molar-refractivity contribution in [3.8, 4) is 16.9 Å². The zero-order valence-corrected chi connectivity index (χ0v) is 14.1. The zero-order valence-electron chi connectivity index (χ0n) is 14.1. The average molecular weight is 312 g/mol. The first-order valence-electron chi connectivity index (χ1n) is 8.76. The molecular weight excluding hydrogens is 284 g/mol. The van der Waals surface area contributed by atoms with Crippen molar-refractivity contribution in [1.82, 2.24) is 0 Å². The van der Waals surface area contributed by atoms with E-state index in [9.17, 15) is 0 Å². The van der Waals surface area contributed by atoms with Gasteiger partial charge in [-0.25, -0.2) is 0 Å². The fourth-order valence-electron chi connectivity index (χ4n) is 2.62. The van der Waals surface area contributed by atoms with Gasteiger partial charge in [-0.15, -0.1) is 0 Å². The molecule has 0 amide bonds. The highest BCUT2D eigenvalue weighted by Gasteiger charge is 2.00. The molecule has 2 aromatic rings. The molecule has 0 aliphatic heterocycles. The van der Waals surface area contributed by atoms with Gasteiger partial charge in [-0.05, 0) is 35.2 Å². The van der Waals surface area contributed by atoms with Crippen molar-refractivity contribution in [3.05, 3.63) is 54.1 Å². The highest BCUT2D eigenvalue weighted by Crippen LogP contribution is 2.23. The lowest BCUT2D eigenvalue weighted by Gasteiger charge is -2.08. The van der Waals surface area contributed by atoms with Crippen molar-refractivity contribution < 1.29 is 9.84 Å². The Labute approximate surface area is 140 Å². The van der Waals surface area contributed by atoms with E-state index in [1.54, 1.807) is 0 Å². The maximum atomic E-state index is 9.08. The molecule has 0 bridgehead atoms. The van der Waals surface area contributed by atoms with E-state index in [2.05, 4.69) is 19.1 Å². The van der Waals surface area contributed by atoms with Gasteiger partial charge in [0.2, 0.25) is 0 Å². The molecule has 0 aliphatic rings. The van der Waals surface area contributed by atoms with E-state index in [0.29, 0.717) is 0 Å². The summed E-state index contributed by atoms with van der Waals surface area (Å²) in [4.78, 5) is 0. The number of aliphatic hydroxyl groups is 1. The highest BCUT2D eigenvalue weighted by molar-refractivity contribution is 5.64. The van der Waals surface area contributed by atoms with Crippen molar-refractivity contribution in [2.24, 2.45) is 0 Å². The molecule has 0 aliphatic carbocycles. The summed E-state index contributed by atoms with van der Waals surface area (Å²) in [7, 11) is 0. The second kappa shape index (κ2) is 10.1. The van der Waals surface area contributed by atoms with E-state index < -0.39 is 0 Å². The summed E-state index contributed by atoms with van der Waals surface area (Å²) < 4.78 is 5.81. The van der Waals surface area contributed by atoms with Crippen LogP contribution in [0, 0.1) is 0 Å². The predicted molar refractivity (Wildman–Crippen MR) is 96.7 cm³/mol. The molecule has 0 spiro atoms. The smallest absolute Gasteiger partial charge is 0.119 e. The van der Waals surface area contributed by atoms with Gasteiger partial charge < -0.3 is 9.84 Å². The van der Waals surface area contributed by atoms with E-state index >= 15 is 0 Å². The second-order valence-electron chi connectivity index (χ2n) is 6.00. The van der Waals surface area contributed by atoms with Crippen molar-refractivity contribution >= 4 is 0 Å². The lowest BCUT2D eigenvalue weighted by molar-refractivity contribution is 0.282. The summed E-state index contributed by atoms with van der Waals surface area (Å²) in [5, 5.41) is 9.08. The lowest BCUT2D eigenvalue weighted by atomic mass is 10.0. The van der Waals surface area contributed by atoms with Gasteiger partial charge in [0, 0.05) is 0 Å². The van der Waals surface area contributed by atoms with Crippen LogP contribution in [-0.2, 0) is 6.61 Å². The first-order valence-corrected chi connectivity index (χ1v) is 8.76. The minimum atomic E-state index is 0.0888. The topological polar surface area (TPSA) is 29.5 Å². The monoisotopic (exact) mass is 312 g/mol. The van der Waals surface area contributed by atoms with Crippen LogP contribution >= 0.6 is 0 Å². The number of hydrogen-bond acceptors (Lipinski definition) is 2. The standard InChI is InChI=1S/C21H28O2/c1-2-3-4-5-6-7-16-23-21-14-12-20(13-15-21)19-10-8-18(17-22)9-11-19/h8-15,22H,2-7,16-17H2,1H3. The third-order valence-corrected chi connectivity index (χ3v) is 4.09. The summed E-state index contributed by atoms with van der Waals surface area (Å²) in [5.74, 6) is 0.939. The molecule has 0 saturated heterocycles. The largest absolute Gasteiger partial charge is 0.494 e. The minimum absolute atomic E-state index is 0.0888. The Bertz CT molecular complexity index is 543. The molecule has 23 heavy (non-hydrogen) atoms. The summed E-state index contributed by atoms with van der Waals surface area (Å²) in [6.45, 7) is 3.13. The van der Waals surface area contributed by atoms with E-state index in [1.807, 2.05) is 36.4 Å². The van der Waals surface area contributed by atoms with Gasteiger partial charge in [0.15, 0.2) is 0 Å². The molecule has 0 unspecified atom stereocenters. The number of ether oxygens (including phenoxy) is 1. The fourth-order valence-corrected chi connectivity index (χ4v) is 2.62. The molecule has 0 heterocycles. The van der Waals surface area contributed by atoms with Crippen molar-refractivity contribution in [3.63, 3.8) is 0 Å². The Kier molecular flexibility index (Phi) is 7.68. The first-order chi connectivity index (χ1) is 11.3. The van der Waals surface area contributed by atoms with E-state index in [0.717, 1.165) is 29.9 Å². The quantitative estimate of drug-likeness (QED) is 0.580. The molecule has 0 radical (unpaired) electrons. The van der Waals surface area contributed by atoms with E-state index in [4.69, 9.17) is 9.84 Å². The molecular formula is C21H28O2. The normalized spacial score (nSPS) is 10.7. The van der Waals surface area contributed by atoms with Crippen molar-refractivity contribution in [1.29, 1.82) is 0 Å². The van der Waals surface area contributed by atoms with Gasteiger partial charge >= 0.3 is 0 Å². The van der Waals surface area contributed by atoms with E-state index in [-0.39, 0.29) is 6.61 Å². The SMILES string of the molecule is CCCCCCCCOc1ccc(-c2ccc(CO)cc2)cc1. The van der Waals surface area contributed by atoms with Gasteiger partial charge in [0.1, 0.15) is 5.75 Å². The summed E-state index contributed by atoms with van der Waals surface area (Å²) in [5.41, 5.74) is 3.26. The Balaban J connectivity index is 1.75. The minimum Gasteiger partial charge on any atom is -0.494 e. The summed E-state index contributed by atoms with van der Waals surface area (Å²) in [6.07, 6.45) is 7.71. The predicted octanol–water partition coefficient (Wildman–Crippen LogP) is 5.59. The van der Waals surface area contributed by atoms with Gasteiger partial charge in [-0.1, -0.05) is 75.4 Å². The van der Waals surface area contributed by atoms with Crippen LogP contribution in [0.4, 0.5) is 0 Å². The molecule has 0 fully saturated rings. The molecule has 2 nitrogen and oxygen atoms in total. The van der Waals surface area contributed by atoms with E-state index in [1.165, 1.54) is 37.7 Å². The molecule has 2 rings (SSSR count). The molecule has 124 valence electrons. The lowest BCUT2D eigenvalue weighted by Crippen LogP contribution is -1.97. The Morgan fingerprint density at radius 3 is 1.91 bits per heavy atom. The summed E-state index contributed by atoms with van der Waals surface area (Å²) in [6, 6.07) is 16.2. The Morgan fingerprint density at radius 2 is 1.30 bits per heavy atom. The van der Waals surface area contributed by atoms with Crippen molar-refractivity contribution in [2.45, 2.75) is 52.1 Å². The zero-order chi connectivity index (χ0) is 16.3. The summed E-state index contributed by atoms with van der Waals surface area (Å²) >= 11 is 0.